The summed E-state index contributed by atoms with van der Waals surface area (Å²) in [6.45, 7) is 6.38. The van der Waals surface area contributed by atoms with Crippen molar-refractivity contribution in [1.82, 2.24) is 24.6 Å². The Bertz CT molecular complexity index is 2490. The number of unbranched alkanes of at least 4 members (excludes halogenated alkanes) is 1. The van der Waals surface area contributed by atoms with Gasteiger partial charge in [0.05, 0.1) is 40.8 Å². The van der Waals surface area contributed by atoms with Crippen LogP contribution in [0.5, 0.6) is 5.75 Å². The Labute approximate surface area is 326 Å². The van der Waals surface area contributed by atoms with Crippen LogP contribution < -0.4 is 4.74 Å². The Balaban J connectivity index is 0.914. The molecule has 11 nitrogen and oxygen atoms in total. The van der Waals surface area contributed by atoms with Crippen molar-refractivity contribution in [2.75, 3.05) is 6.61 Å². The lowest BCUT2D eigenvalue weighted by Gasteiger charge is -2.27. The summed E-state index contributed by atoms with van der Waals surface area (Å²) in [5, 5.41) is 10.5. The lowest BCUT2D eigenvalue weighted by molar-refractivity contribution is -0.132. The van der Waals surface area contributed by atoms with Crippen molar-refractivity contribution in [1.29, 1.82) is 0 Å². The average Bonchev–Trinajstić information content (AvgIpc) is 3.77. The molecule has 0 saturated heterocycles. The Hall–Kier alpha value is -5.77. The predicted molar refractivity (Wildman–Crippen MR) is 207 cm³/mol. The largest absolute Gasteiger partial charge is 0.493 e. The molecular weight excluding hydrogens is 736 g/mol. The number of benzene rings is 2. The van der Waals surface area contributed by atoms with Crippen LogP contribution in [0.1, 0.15) is 110 Å². The van der Waals surface area contributed by atoms with Crippen molar-refractivity contribution in [2.45, 2.75) is 71.4 Å². The molecule has 2 aromatic carbocycles. The number of Topliss-reactive ketones (excluding diaryl/α,β-unsaturated/α-hetero) is 2. The van der Waals surface area contributed by atoms with E-state index in [-0.39, 0.29) is 42.2 Å². The van der Waals surface area contributed by atoms with Gasteiger partial charge in [0, 0.05) is 28.8 Å². The standard InChI is InChI=1S/C42H35ClN6O5S/c1-23-35(55-42-36(23)38(27-11-13-28(43)14-12-27)45-24(2)39-47-46-25(3)48(39)42)19-16-29-15-10-26(22-44-29)7-4-5-20-54-34-9-6-8-31-37(34)41(53)49(40(31)52)32-18-17-30(50)21-33(32)51/h6,8-15,22,24,32H,4-5,7,17-18,20-21H2,1-3H3/t24-,32?/m0/s1. The van der Waals surface area contributed by atoms with Gasteiger partial charge in [0.25, 0.3) is 11.8 Å². The smallest absolute Gasteiger partial charge is 0.266 e. The van der Waals surface area contributed by atoms with Crippen molar-refractivity contribution in [3.05, 3.63) is 121 Å². The maximum Gasteiger partial charge on any atom is 0.266 e. The second-order valence-electron chi connectivity index (χ2n) is 13.8. The van der Waals surface area contributed by atoms with E-state index in [1.54, 1.807) is 29.5 Å². The van der Waals surface area contributed by atoms with Crippen LogP contribution in [0, 0.1) is 25.7 Å². The van der Waals surface area contributed by atoms with E-state index in [9.17, 15) is 19.2 Å². The number of aryl methyl sites for hydroxylation is 2. The third-order valence-electron chi connectivity index (χ3n) is 10.1. The SMILES string of the molecule is Cc1c(C#Cc2ccc(CCCCOc3cccc4c3C(=O)N(C3CCC(=O)CC3=O)C4=O)cn2)sc2c1C(c1ccc(Cl)cc1)=N[C@@H](C)c1nnc(C)n1-2. The van der Waals surface area contributed by atoms with E-state index < -0.39 is 23.6 Å². The second-order valence-corrected chi connectivity index (χ2v) is 15.3. The van der Waals surface area contributed by atoms with Gasteiger partial charge in [-0.2, -0.15) is 0 Å². The summed E-state index contributed by atoms with van der Waals surface area (Å²) in [4.78, 5) is 62.4. The van der Waals surface area contributed by atoms with E-state index in [1.165, 1.54) is 0 Å². The van der Waals surface area contributed by atoms with E-state index in [0.717, 1.165) is 67.2 Å². The first kappa shape index (κ1) is 36.2. The number of aromatic nitrogens is 4. The molecule has 1 fully saturated rings. The molecule has 55 heavy (non-hydrogen) atoms. The number of imide groups is 1. The van der Waals surface area contributed by atoms with Gasteiger partial charge in [-0.3, -0.25) is 33.6 Å². The molecule has 1 unspecified atom stereocenters. The molecule has 1 saturated carbocycles. The maximum absolute atomic E-state index is 13.3. The topological polar surface area (TPSA) is 137 Å². The minimum atomic E-state index is -0.917. The number of halogens is 1. The molecule has 13 heteroatoms. The van der Waals surface area contributed by atoms with Crippen LogP contribution >= 0.6 is 22.9 Å². The first-order chi connectivity index (χ1) is 26.6. The number of thiophene rings is 1. The number of amides is 2. The molecule has 1 aliphatic carbocycles. The highest BCUT2D eigenvalue weighted by molar-refractivity contribution is 7.15. The molecule has 2 aliphatic heterocycles. The molecule has 0 N–H and O–H groups in total. The third-order valence-corrected chi connectivity index (χ3v) is 11.6. The molecule has 276 valence electrons. The van der Waals surface area contributed by atoms with Gasteiger partial charge < -0.3 is 4.74 Å². The van der Waals surface area contributed by atoms with E-state index >= 15 is 0 Å². The summed E-state index contributed by atoms with van der Waals surface area (Å²) in [6, 6.07) is 15.5. The highest BCUT2D eigenvalue weighted by Crippen LogP contribution is 2.39. The zero-order chi connectivity index (χ0) is 38.4. The molecule has 5 aromatic rings. The molecule has 0 radical (unpaired) electrons. The van der Waals surface area contributed by atoms with E-state index in [1.807, 2.05) is 56.4 Å². The fourth-order valence-corrected chi connectivity index (χ4v) is 8.63. The number of ether oxygens (including phenoxy) is 1. The highest BCUT2D eigenvalue weighted by atomic mass is 35.5. The molecule has 2 atom stereocenters. The molecule has 3 aromatic heterocycles. The summed E-state index contributed by atoms with van der Waals surface area (Å²) in [6.07, 6.45) is 4.20. The second kappa shape index (κ2) is 14.8. The predicted octanol–water partition coefficient (Wildman–Crippen LogP) is 6.99. The fraction of sp³-hybridized carbons (Fsp3) is 0.286. The summed E-state index contributed by atoms with van der Waals surface area (Å²) in [5.41, 5.74) is 5.98. The van der Waals surface area contributed by atoms with Crippen molar-refractivity contribution in [2.24, 2.45) is 4.99 Å². The maximum atomic E-state index is 13.3. The zero-order valence-electron chi connectivity index (χ0n) is 30.4. The number of rotatable bonds is 8. The molecule has 0 spiro atoms. The number of fused-ring (bicyclic) bond motifs is 4. The van der Waals surface area contributed by atoms with Gasteiger partial charge in [-0.25, -0.2) is 4.98 Å². The van der Waals surface area contributed by atoms with Crippen LogP contribution in [0.3, 0.4) is 0 Å². The number of pyridine rings is 1. The monoisotopic (exact) mass is 770 g/mol. The van der Waals surface area contributed by atoms with Crippen LogP contribution in [0.4, 0.5) is 0 Å². The van der Waals surface area contributed by atoms with Crippen molar-refractivity contribution in [3.63, 3.8) is 0 Å². The number of ketones is 2. The lowest BCUT2D eigenvalue weighted by Crippen LogP contribution is -2.47. The molecule has 2 amide bonds. The van der Waals surface area contributed by atoms with Gasteiger partial charge in [-0.05, 0) is 99.8 Å². The van der Waals surface area contributed by atoms with Crippen LogP contribution in [0.2, 0.25) is 5.02 Å². The number of carbonyl (C=O) groups excluding carboxylic acids is 4. The van der Waals surface area contributed by atoms with Crippen LogP contribution in [0.15, 0.2) is 65.8 Å². The zero-order valence-corrected chi connectivity index (χ0v) is 32.0. The van der Waals surface area contributed by atoms with E-state index in [4.69, 9.17) is 21.3 Å². The van der Waals surface area contributed by atoms with Gasteiger partial charge >= 0.3 is 0 Å². The van der Waals surface area contributed by atoms with Gasteiger partial charge in [0.1, 0.15) is 34.1 Å². The Morgan fingerprint density at radius 1 is 0.945 bits per heavy atom. The van der Waals surface area contributed by atoms with Gasteiger partial charge in [0.2, 0.25) is 0 Å². The fourth-order valence-electron chi connectivity index (χ4n) is 7.29. The first-order valence-electron chi connectivity index (χ1n) is 18.1. The van der Waals surface area contributed by atoms with E-state index in [0.29, 0.717) is 29.5 Å². The van der Waals surface area contributed by atoms with Gasteiger partial charge in [-0.15, -0.1) is 21.5 Å². The third kappa shape index (κ3) is 6.79. The quantitative estimate of drug-likeness (QED) is 0.0713. The molecule has 8 rings (SSSR count). The normalized spacial score (nSPS) is 17.6. The van der Waals surface area contributed by atoms with Gasteiger partial charge in [-0.1, -0.05) is 35.9 Å². The number of hydrogen-bond donors (Lipinski definition) is 0. The summed E-state index contributed by atoms with van der Waals surface area (Å²) < 4.78 is 8.08. The molecule has 5 heterocycles. The van der Waals surface area contributed by atoms with Crippen molar-refractivity contribution >= 4 is 52.0 Å². The van der Waals surface area contributed by atoms with Crippen LogP contribution in [-0.4, -0.2) is 66.4 Å². The van der Waals surface area contributed by atoms with Crippen LogP contribution in [0.25, 0.3) is 5.00 Å². The first-order valence-corrected chi connectivity index (χ1v) is 19.3. The number of hydrogen-bond acceptors (Lipinski definition) is 10. The summed E-state index contributed by atoms with van der Waals surface area (Å²) in [5.74, 6) is 6.87. The summed E-state index contributed by atoms with van der Waals surface area (Å²) in [7, 11) is 0. The Morgan fingerprint density at radius 3 is 2.53 bits per heavy atom. The summed E-state index contributed by atoms with van der Waals surface area (Å²) >= 11 is 7.81. The lowest BCUT2D eigenvalue weighted by atomic mass is 9.92. The minimum absolute atomic E-state index is 0.158. The van der Waals surface area contributed by atoms with Crippen molar-refractivity contribution < 1.29 is 23.9 Å². The molecular formula is C42H35ClN6O5S. The minimum Gasteiger partial charge on any atom is -0.493 e. The average molecular weight is 771 g/mol. The number of aliphatic imine (C=N–C) groups is 1. The molecule has 0 bridgehead atoms. The van der Waals surface area contributed by atoms with Crippen LogP contribution in [-0.2, 0) is 16.0 Å². The van der Waals surface area contributed by atoms with E-state index in [2.05, 4.69) is 38.5 Å². The Kier molecular flexibility index (Phi) is 9.75. The Morgan fingerprint density at radius 2 is 1.76 bits per heavy atom. The van der Waals surface area contributed by atoms with Gasteiger partial charge in [0.15, 0.2) is 11.6 Å². The highest BCUT2D eigenvalue weighted by Gasteiger charge is 2.45. The number of nitrogens with zero attached hydrogens (tertiary/aromatic N) is 6. The number of carbonyl (C=O) groups is 4. The van der Waals surface area contributed by atoms with Crippen molar-refractivity contribution in [3.8, 4) is 22.6 Å². The molecule has 3 aliphatic rings.